The zero-order valence-electron chi connectivity index (χ0n) is 10.4. The van der Waals surface area contributed by atoms with Crippen LogP contribution in [0.1, 0.15) is 23.7 Å². The summed E-state index contributed by atoms with van der Waals surface area (Å²) < 4.78 is 0. The lowest BCUT2D eigenvalue weighted by molar-refractivity contribution is 0.101. The Bertz CT molecular complexity index is 491. The highest BCUT2D eigenvalue weighted by Gasteiger charge is 2.08. The molecule has 1 N–H and O–H groups in total. The minimum atomic E-state index is -0.300. The van der Waals surface area contributed by atoms with Crippen LogP contribution in [0, 0.1) is 11.3 Å². The van der Waals surface area contributed by atoms with Gasteiger partial charge in [0, 0.05) is 24.8 Å². The fourth-order valence-corrected chi connectivity index (χ4v) is 1.35. The number of nitriles is 1. The Morgan fingerprint density at radius 3 is 2.78 bits per heavy atom. The number of rotatable bonds is 4. The van der Waals surface area contributed by atoms with E-state index in [0.717, 1.165) is 0 Å². The first-order valence-electron chi connectivity index (χ1n) is 5.54. The summed E-state index contributed by atoms with van der Waals surface area (Å²) in [6.07, 6.45) is 0.289. The molecule has 0 unspecified atom stereocenters. The average molecular weight is 245 g/mol. The standard InChI is InChI=1S/C13H15N3O2/c1-10(17)11-5-3-6-12(9-11)15-13(18)16(2)8-4-7-14/h3,5-6,9H,4,8H2,1-2H3,(H,15,18). The van der Waals surface area contributed by atoms with Crippen molar-refractivity contribution in [1.29, 1.82) is 5.26 Å². The van der Waals surface area contributed by atoms with E-state index < -0.39 is 0 Å². The molecule has 1 rings (SSSR count). The van der Waals surface area contributed by atoms with Gasteiger partial charge < -0.3 is 10.2 Å². The number of nitrogens with zero attached hydrogens (tertiary/aromatic N) is 2. The molecule has 0 bridgehead atoms. The van der Waals surface area contributed by atoms with Crippen molar-refractivity contribution in [3.63, 3.8) is 0 Å². The predicted molar refractivity (Wildman–Crippen MR) is 68.3 cm³/mol. The molecule has 18 heavy (non-hydrogen) atoms. The van der Waals surface area contributed by atoms with Gasteiger partial charge in [0.1, 0.15) is 0 Å². The summed E-state index contributed by atoms with van der Waals surface area (Å²) >= 11 is 0. The normalized spacial score (nSPS) is 9.39. The van der Waals surface area contributed by atoms with Crippen LogP contribution in [0.25, 0.3) is 0 Å². The Hall–Kier alpha value is -2.35. The van der Waals surface area contributed by atoms with Crippen LogP contribution in [0.2, 0.25) is 0 Å². The van der Waals surface area contributed by atoms with Crippen molar-refractivity contribution in [1.82, 2.24) is 4.90 Å². The molecular weight excluding hydrogens is 230 g/mol. The minimum absolute atomic E-state index is 0.0519. The fraction of sp³-hybridized carbons (Fsp3) is 0.308. The summed E-state index contributed by atoms with van der Waals surface area (Å²) in [4.78, 5) is 24.3. The molecule has 0 saturated heterocycles. The molecule has 94 valence electrons. The lowest BCUT2D eigenvalue weighted by atomic mass is 10.1. The van der Waals surface area contributed by atoms with Crippen LogP contribution in [-0.2, 0) is 0 Å². The monoisotopic (exact) mass is 245 g/mol. The molecule has 1 aromatic carbocycles. The highest BCUT2D eigenvalue weighted by molar-refractivity contribution is 5.96. The van der Waals surface area contributed by atoms with Gasteiger partial charge in [0.15, 0.2) is 5.78 Å². The van der Waals surface area contributed by atoms with E-state index in [0.29, 0.717) is 17.8 Å². The number of anilines is 1. The first kappa shape index (κ1) is 13.7. The minimum Gasteiger partial charge on any atom is -0.327 e. The molecule has 0 fully saturated rings. The van der Waals surface area contributed by atoms with Crippen LogP contribution in [-0.4, -0.2) is 30.3 Å². The maximum atomic E-state index is 11.7. The largest absolute Gasteiger partial charge is 0.327 e. The summed E-state index contributed by atoms with van der Waals surface area (Å²) in [5.74, 6) is -0.0519. The Labute approximate surface area is 106 Å². The smallest absolute Gasteiger partial charge is 0.321 e. The first-order valence-corrected chi connectivity index (χ1v) is 5.54. The number of Topliss-reactive ketones (excluding diaryl/α,β-unsaturated/α-hetero) is 1. The van der Waals surface area contributed by atoms with Crippen molar-refractivity contribution in [2.24, 2.45) is 0 Å². The topological polar surface area (TPSA) is 73.2 Å². The number of urea groups is 1. The van der Waals surface area contributed by atoms with Crippen molar-refractivity contribution < 1.29 is 9.59 Å². The molecular formula is C13H15N3O2. The van der Waals surface area contributed by atoms with E-state index >= 15 is 0 Å². The molecule has 0 heterocycles. The lowest BCUT2D eigenvalue weighted by Crippen LogP contribution is -2.32. The van der Waals surface area contributed by atoms with Gasteiger partial charge in [-0.15, -0.1) is 0 Å². The number of amides is 2. The van der Waals surface area contributed by atoms with Crippen molar-refractivity contribution in [3.8, 4) is 6.07 Å². The second-order valence-electron chi connectivity index (χ2n) is 3.90. The van der Waals surface area contributed by atoms with Crippen LogP contribution >= 0.6 is 0 Å². The predicted octanol–water partition coefficient (Wildman–Crippen LogP) is 2.27. The zero-order chi connectivity index (χ0) is 13.5. The SMILES string of the molecule is CC(=O)c1cccc(NC(=O)N(C)CCC#N)c1. The van der Waals surface area contributed by atoms with E-state index in [1.807, 2.05) is 6.07 Å². The van der Waals surface area contributed by atoms with Gasteiger partial charge in [-0.25, -0.2) is 4.79 Å². The third kappa shape index (κ3) is 3.91. The fourth-order valence-electron chi connectivity index (χ4n) is 1.35. The lowest BCUT2D eigenvalue weighted by Gasteiger charge is -2.16. The maximum absolute atomic E-state index is 11.7. The molecule has 5 nitrogen and oxygen atoms in total. The number of hydrogen-bond acceptors (Lipinski definition) is 3. The second-order valence-corrected chi connectivity index (χ2v) is 3.90. The third-order valence-corrected chi connectivity index (χ3v) is 2.43. The molecule has 5 heteroatoms. The Kier molecular flexibility index (Phi) is 4.88. The molecule has 0 saturated carbocycles. The van der Waals surface area contributed by atoms with Gasteiger partial charge in [-0.05, 0) is 19.1 Å². The molecule has 0 aliphatic carbocycles. The van der Waals surface area contributed by atoms with E-state index in [9.17, 15) is 9.59 Å². The molecule has 0 aromatic heterocycles. The van der Waals surface area contributed by atoms with Crippen molar-refractivity contribution >= 4 is 17.5 Å². The summed E-state index contributed by atoms with van der Waals surface area (Å²) in [5, 5.41) is 11.1. The van der Waals surface area contributed by atoms with Gasteiger partial charge in [0.25, 0.3) is 0 Å². The van der Waals surface area contributed by atoms with Crippen LogP contribution in [0.4, 0.5) is 10.5 Å². The van der Waals surface area contributed by atoms with Gasteiger partial charge >= 0.3 is 6.03 Å². The van der Waals surface area contributed by atoms with E-state index in [1.165, 1.54) is 11.8 Å². The van der Waals surface area contributed by atoms with Gasteiger partial charge in [0.05, 0.1) is 12.5 Å². The number of nitrogens with one attached hydrogen (secondary N) is 1. The Morgan fingerprint density at radius 2 is 2.17 bits per heavy atom. The zero-order valence-corrected chi connectivity index (χ0v) is 10.4. The van der Waals surface area contributed by atoms with Crippen LogP contribution in [0.5, 0.6) is 0 Å². The second kappa shape index (κ2) is 6.40. The van der Waals surface area contributed by atoms with Crippen molar-refractivity contribution in [2.75, 3.05) is 18.9 Å². The van der Waals surface area contributed by atoms with Crippen LogP contribution in [0.15, 0.2) is 24.3 Å². The average Bonchev–Trinajstić information content (AvgIpc) is 2.36. The summed E-state index contributed by atoms with van der Waals surface area (Å²) in [7, 11) is 1.61. The molecule has 0 aliphatic heterocycles. The van der Waals surface area contributed by atoms with Gasteiger partial charge in [0.2, 0.25) is 0 Å². The van der Waals surface area contributed by atoms with E-state index in [1.54, 1.807) is 31.3 Å². The number of benzene rings is 1. The molecule has 0 atom stereocenters. The van der Waals surface area contributed by atoms with E-state index in [-0.39, 0.29) is 18.2 Å². The summed E-state index contributed by atoms with van der Waals surface area (Å²) in [6.45, 7) is 1.84. The number of ketones is 1. The van der Waals surface area contributed by atoms with Crippen molar-refractivity contribution in [3.05, 3.63) is 29.8 Å². The Balaban J connectivity index is 2.67. The van der Waals surface area contributed by atoms with Crippen molar-refractivity contribution in [2.45, 2.75) is 13.3 Å². The molecule has 0 spiro atoms. The van der Waals surface area contributed by atoms with Gasteiger partial charge in [-0.3, -0.25) is 4.79 Å². The van der Waals surface area contributed by atoms with Gasteiger partial charge in [-0.2, -0.15) is 5.26 Å². The Morgan fingerprint density at radius 1 is 1.44 bits per heavy atom. The van der Waals surface area contributed by atoms with E-state index in [4.69, 9.17) is 5.26 Å². The first-order chi connectivity index (χ1) is 8.54. The summed E-state index contributed by atoms with van der Waals surface area (Å²) in [5.41, 5.74) is 1.11. The molecule has 0 radical (unpaired) electrons. The third-order valence-electron chi connectivity index (χ3n) is 2.43. The molecule has 2 amide bonds. The number of hydrogen-bond donors (Lipinski definition) is 1. The quantitative estimate of drug-likeness (QED) is 0.827. The number of carbonyl (C=O) groups excluding carboxylic acids is 2. The highest BCUT2D eigenvalue weighted by Crippen LogP contribution is 2.11. The van der Waals surface area contributed by atoms with Crippen LogP contribution < -0.4 is 5.32 Å². The molecule has 1 aromatic rings. The van der Waals surface area contributed by atoms with E-state index in [2.05, 4.69) is 5.32 Å². The highest BCUT2D eigenvalue weighted by atomic mass is 16.2. The van der Waals surface area contributed by atoms with Crippen LogP contribution in [0.3, 0.4) is 0 Å². The maximum Gasteiger partial charge on any atom is 0.321 e. The molecule has 0 aliphatic rings. The summed E-state index contributed by atoms with van der Waals surface area (Å²) in [6, 6.07) is 8.41. The van der Waals surface area contributed by atoms with Gasteiger partial charge in [-0.1, -0.05) is 12.1 Å². The number of carbonyl (C=O) groups is 2.